The number of carbonyl (C=O) groups excluding carboxylic acids is 1. The van der Waals surface area contributed by atoms with Gasteiger partial charge in [-0.25, -0.2) is 0 Å². The Morgan fingerprint density at radius 1 is 1.25 bits per heavy atom. The molecule has 0 radical (unpaired) electrons. The summed E-state index contributed by atoms with van der Waals surface area (Å²) in [6.45, 7) is 5.67. The van der Waals surface area contributed by atoms with Crippen LogP contribution in [0.15, 0.2) is 24.3 Å². The number of ketones is 1. The van der Waals surface area contributed by atoms with Gasteiger partial charge < -0.3 is 5.32 Å². The molecule has 0 saturated heterocycles. The van der Waals surface area contributed by atoms with Gasteiger partial charge in [0, 0.05) is 1.43 Å². The van der Waals surface area contributed by atoms with Gasteiger partial charge in [-0.1, -0.05) is 38.1 Å². The third-order valence-corrected chi connectivity index (χ3v) is 3.26. The normalized spacial score (nSPS) is 16.0. The highest BCUT2D eigenvalue weighted by Gasteiger charge is 2.39. The number of nitrogens with one attached hydrogen (secondary N) is 1. The Kier molecular flexibility index (Phi) is 4.25. The van der Waals surface area contributed by atoms with Crippen LogP contribution in [-0.4, -0.2) is 18.4 Å². The van der Waals surface area contributed by atoms with E-state index in [9.17, 15) is 4.79 Å². The summed E-state index contributed by atoms with van der Waals surface area (Å²) in [5.41, 5.74) is 2.26. The van der Waals surface area contributed by atoms with Crippen molar-refractivity contribution >= 4 is 5.78 Å². The Morgan fingerprint density at radius 2 is 1.69 bits per heavy atom. The van der Waals surface area contributed by atoms with E-state index in [2.05, 4.69) is 17.4 Å². The van der Waals surface area contributed by atoms with Gasteiger partial charge in [0.25, 0.3) is 0 Å². The highest BCUT2D eigenvalue weighted by molar-refractivity contribution is 5.88. The summed E-state index contributed by atoms with van der Waals surface area (Å²) < 4.78 is 0. The number of Topliss-reactive ketones (excluding diaryl/α,β-unsaturated/α-hetero) is 1. The second-order valence-electron chi connectivity index (χ2n) is 4.01. The van der Waals surface area contributed by atoms with Gasteiger partial charge >= 0.3 is 0 Å². The van der Waals surface area contributed by atoms with Crippen molar-refractivity contribution in [3.8, 4) is 0 Å². The van der Waals surface area contributed by atoms with E-state index >= 15 is 0 Å². The van der Waals surface area contributed by atoms with E-state index in [1.54, 1.807) is 6.92 Å². The van der Waals surface area contributed by atoms with Crippen molar-refractivity contribution in [2.24, 2.45) is 0 Å². The highest BCUT2D eigenvalue weighted by Crippen LogP contribution is 2.30. The van der Waals surface area contributed by atoms with Crippen LogP contribution in [-0.2, 0) is 17.6 Å². The van der Waals surface area contributed by atoms with Crippen LogP contribution in [0, 0.1) is 0 Å². The number of hydrogen-bond donors (Lipinski definition) is 1. The van der Waals surface area contributed by atoms with Gasteiger partial charge in [0.2, 0.25) is 0 Å². The summed E-state index contributed by atoms with van der Waals surface area (Å²) in [4.78, 5) is 11.6. The smallest absolute Gasteiger partial charge is 0.150 e. The SMILES string of the molecule is CC.CNC1(C(C)=O)Cc2ccccc2C1.[HH]. The molecule has 90 valence electrons. The summed E-state index contributed by atoms with van der Waals surface area (Å²) in [5, 5.41) is 3.17. The van der Waals surface area contributed by atoms with Crippen LogP contribution in [0.5, 0.6) is 0 Å². The molecule has 0 heterocycles. The van der Waals surface area contributed by atoms with E-state index in [0.29, 0.717) is 0 Å². The first-order chi connectivity index (χ1) is 7.68. The van der Waals surface area contributed by atoms with Crippen LogP contribution in [0.25, 0.3) is 0 Å². The van der Waals surface area contributed by atoms with Gasteiger partial charge in [-0.2, -0.15) is 0 Å². The molecule has 1 aliphatic carbocycles. The van der Waals surface area contributed by atoms with E-state index in [1.807, 2.05) is 33.0 Å². The largest absolute Gasteiger partial charge is 0.307 e. The molecule has 1 N–H and O–H groups in total. The lowest BCUT2D eigenvalue weighted by molar-refractivity contribution is -0.122. The molecular weight excluding hydrogens is 198 g/mol. The average molecular weight is 221 g/mol. The molecule has 2 heteroatoms. The average Bonchev–Trinajstić information content (AvgIpc) is 2.71. The van der Waals surface area contributed by atoms with Gasteiger partial charge in [-0.05, 0) is 37.9 Å². The third-order valence-electron chi connectivity index (χ3n) is 3.26. The number of hydrogen-bond acceptors (Lipinski definition) is 2. The minimum absolute atomic E-state index is 0. The maximum absolute atomic E-state index is 11.6. The summed E-state index contributed by atoms with van der Waals surface area (Å²) in [5.74, 6) is 0.233. The summed E-state index contributed by atoms with van der Waals surface area (Å²) >= 11 is 0. The first-order valence-corrected chi connectivity index (χ1v) is 5.95. The fourth-order valence-electron chi connectivity index (χ4n) is 2.22. The lowest BCUT2D eigenvalue weighted by atomic mass is 9.91. The van der Waals surface area contributed by atoms with Gasteiger partial charge in [-0.3, -0.25) is 4.79 Å². The molecule has 0 spiro atoms. The van der Waals surface area contributed by atoms with Crippen LogP contribution in [0.3, 0.4) is 0 Å². The summed E-state index contributed by atoms with van der Waals surface area (Å²) in [6, 6.07) is 8.28. The Hall–Kier alpha value is -1.15. The Bertz CT molecular complexity index is 351. The van der Waals surface area contributed by atoms with Crippen LogP contribution in [0.2, 0.25) is 0 Å². The zero-order valence-corrected chi connectivity index (χ0v) is 10.6. The van der Waals surface area contributed by atoms with Gasteiger partial charge in [-0.15, -0.1) is 0 Å². The molecule has 2 nitrogen and oxygen atoms in total. The molecule has 0 amide bonds. The zero-order chi connectivity index (χ0) is 12.2. The molecule has 0 bridgehead atoms. The minimum atomic E-state index is -0.344. The standard InChI is InChI=1S/C12H15NO.C2H6.H2/c1-9(14)12(13-2)7-10-5-3-4-6-11(10)8-12;1-2;/h3-6,13H,7-8H2,1-2H3;1-2H3;1H. The Labute approximate surface area is 99.5 Å². The van der Waals surface area contributed by atoms with E-state index in [4.69, 9.17) is 0 Å². The molecule has 0 unspecified atom stereocenters. The molecule has 1 aliphatic rings. The van der Waals surface area contributed by atoms with Gasteiger partial charge in [0.15, 0.2) is 0 Å². The summed E-state index contributed by atoms with van der Waals surface area (Å²) in [6.07, 6.45) is 1.66. The minimum Gasteiger partial charge on any atom is -0.307 e. The van der Waals surface area contributed by atoms with E-state index in [0.717, 1.165) is 12.8 Å². The second-order valence-corrected chi connectivity index (χ2v) is 4.01. The molecule has 1 aromatic carbocycles. The molecular formula is C14H23NO. The lowest BCUT2D eigenvalue weighted by Gasteiger charge is -2.24. The molecule has 1 aromatic rings. The molecule has 0 aromatic heterocycles. The quantitative estimate of drug-likeness (QED) is 0.831. The number of carbonyl (C=O) groups is 1. The lowest BCUT2D eigenvalue weighted by Crippen LogP contribution is -2.50. The fraction of sp³-hybridized carbons (Fsp3) is 0.500. The predicted octanol–water partition coefficient (Wildman–Crippen LogP) is 2.60. The van der Waals surface area contributed by atoms with Crippen LogP contribution >= 0.6 is 0 Å². The van der Waals surface area contributed by atoms with Crippen molar-refractivity contribution in [3.63, 3.8) is 0 Å². The van der Waals surface area contributed by atoms with E-state index in [1.165, 1.54) is 11.1 Å². The van der Waals surface area contributed by atoms with Crippen molar-refractivity contribution in [2.75, 3.05) is 7.05 Å². The van der Waals surface area contributed by atoms with Crippen molar-refractivity contribution in [1.82, 2.24) is 5.32 Å². The van der Waals surface area contributed by atoms with Crippen LogP contribution < -0.4 is 5.32 Å². The molecule has 0 saturated carbocycles. The molecule has 16 heavy (non-hydrogen) atoms. The topological polar surface area (TPSA) is 29.1 Å². The highest BCUT2D eigenvalue weighted by atomic mass is 16.1. The van der Waals surface area contributed by atoms with Crippen molar-refractivity contribution in [3.05, 3.63) is 35.4 Å². The Balaban J connectivity index is 0.000000811. The zero-order valence-electron chi connectivity index (χ0n) is 10.6. The molecule has 2 rings (SSSR count). The number of benzene rings is 1. The Morgan fingerprint density at radius 3 is 2.00 bits per heavy atom. The molecule has 0 atom stereocenters. The predicted molar refractivity (Wildman–Crippen MR) is 69.8 cm³/mol. The van der Waals surface area contributed by atoms with Gasteiger partial charge in [0.05, 0.1) is 5.54 Å². The van der Waals surface area contributed by atoms with Crippen LogP contribution in [0.1, 0.15) is 33.3 Å². The molecule has 0 fully saturated rings. The molecule has 0 aliphatic heterocycles. The second kappa shape index (κ2) is 5.26. The first kappa shape index (κ1) is 12.9. The maximum atomic E-state index is 11.6. The number of rotatable bonds is 2. The van der Waals surface area contributed by atoms with Crippen molar-refractivity contribution < 1.29 is 6.22 Å². The monoisotopic (exact) mass is 221 g/mol. The number of fused-ring (bicyclic) bond motifs is 1. The van der Waals surface area contributed by atoms with Crippen LogP contribution in [0.4, 0.5) is 0 Å². The van der Waals surface area contributed by atoms with E-state index in [-0.39, 0.29) is 12.7 Å². The van der Waals surface area contributed by atoms with Gasteiger partial charge in [0.1, 0.15) is 5.78 Å². The first-order valence-electron chi connectivity index (χ1n) is 5.95. The van der Waals surface area contributed by atoms with Crippen molar-refractivity contribution in [2.45, 2.75) is 39.2 Å². The fourth-order valence-corrected chi connectivity index (χ4v) is 2.22. The summed E-state index contributed by atoms with van der Waals surface area (Å²) in [7, 11) is 1.87. The van der Waals surface area contributed by atoms with Crippen molar-refractivity contribution in [1.29, 1.82) is 0 Å². The third kappa shape index (κ3) is 2.17. The maximum Gasteiger partial charge on any atom is 0.150 e. The number of likely N-dealkylation sites (N-methyl/N-ethyl adjacent to an activating group) is 1. The van der Waals surface area contributed by atoms with E-state index < -0.39 is 0 Å².